The van der Waals surface area contributed by atoms with Crippen molar-refractivity contribution in [2.24, 2.45) is 0 Å². The third-order valence-electron chi connectivity index (χ3n) is 2.69. The maximum Gasteiger partial charge on any atom is 0.228 e. The summed E-state index contributed by atoms with van der Waals surface area (Å²) in [5.74, 6) is 0.0396. The summed E-state index contributed by atoms with van der Waals surface area (Å²) < 4.78 is 0. The predicted octanol–water partition coefficient (Wildman–Crippen LogP) is 2.49. The highest BCUT2D eigenvalue weighted by Gasteiger charge is 2.19. The fourth-order valence-corrected chi connectivity index (χ4v) is 2.70. The third-order valence-corrected chi connectivity index (χ3v) is 3.59. The smallest absolute Gasteiger partial charge is 0.228 e. The molecule has 1 amide bonds. The number of nitrogens with one attached hydrogen (secondary N) is 1. The molecule has 4 heteroatoms. The van der Waals surface area contributed by atoms with Crippen LogP contribution in [0, 0.1) is 0 Å². The second kappa shape index (κ2) is 3.35. The molecule has 2 aromatic rings. The van der Waals surface area contributed by atoms with Crippen LogP contribution >= 0.6 is 11.3 Å². The summed E-state index contributed by atoms with van der Waals surface area (Å²) in [4.78, 5) is 12.4. The van der Waals surface area contributed by atoms with Gasteiger partial charge in [-0.3, -0.25) is 4.79 Å². The summed E-state index contributed by atoms with van der Waals surface area (Å²) in [5.41, 5.74) is 9.60. The highest BCUT2D eigenvalue weighted by atomic mass is 32.1. The average Bonchev–Trinajstić information content (AvgIpc) is 2.83. The zero-order valence-corrected chi connectivity index (χ0v) is 9.30. The van der Waals surface area contributed by atoms with Gasteiger partial charge in [-0.15, -0.1) is 11.3 Å². The Morgan fingerprint density at radius 2 is 2.25 bits per heavy atom. The average molecular weight is 230 g/mol. The van der Waals surface area contributed by atoms with Gasteiger partial charge in [0.05, 0.1) is 6.42 Å². The van der Waals surface area contributed by atoms with E-state index in [4.69, 9.17) is 5.73 Å². The second-order valence-corrected chi connectivity index (χ2v) is 4.75. The summed E-state index contributed by atoms with van der Waals surface area (Å²) >= 11 is 1.65. The number of hydrogen-bond donors (Lipinski definition) is 2. The van der Waals surface area contributed by atoms with Crippen molar-refractivity contribution in [1.82, 2.24) is 0 Å². The minimum Gasteiger partial charge on any atom is -0.398 e. The lowest BCUT2D eigenvalue weighted by molar-refractivity contribution is -0.115. The van der Waals surface area contributed by atoms with Crippen molar-refractivity contribution < 1.29 is 4.79 Å². The number of carbonyl (C=O) groups excluding carboxylic acids is 1. The van der Waals surface area contributed by atoms with Gasteiger partial charge in [0.15, 0.2) is 0 Å². The molecule has 0 aliphatic carbocycles. The van der Waals surface area contributed by atoms with Crippen LogP contribution in [-0.2, 0) is 11.2 Å². The van der Waals surface area contributed by atoms with Crippen LogP contribution in [0.15, 0.2) is 29.6 Å². The van der Waals surface area contributed by atoms with Crippen molar-refractivity contribution in [3.05, 3.63) is 35.2 Å². The maximum absolute atomic E-state index is 11.3. The van der Waals surface area contributed by atoms with Gasteiger partial charge >= 0.3 is 0 Å². The summed E-state index contributed by atoms with van der Waals surface area (Å²) in [6.07, 6.45) is 0.452. The van der Waals surface area contributed by atoms with E-state index in [-0.39, 0.29) is 5.91 Å². The molecule has 1 aromatic heterocycles. The van der Waals surface area contributed by atoms with E-state index in [9.17, 15) is 4.79 Å². The zero-order chi connectivity index (χ0) is 11.1. The number of nitrogens with two attached hydrogens (primary N) is 1. The molecule has 0 fully saturated rings. The van der Waals surface area contributed by atoms with Gasteiger partial charge in [0.1, 0.15) is 0 Å². The number of thiophene rings is 1. The molecule has 0 unspecified atom stereocenters. The Morgan fingerprint density at radius 1 is 1.38 bits per heavy atom. The number of carbonyl (C=O) groups is 1. The number of hydrogen-bond acceptors (Lipinski definition) is 3. The molecular weight excluding hydrogens is 220 g/mol. The van der Waals surface area contributed by atoms with Crippen LogP contribution in [-0.4, -0.2) is 5.91 Å². The fourth-order valence-electron chi connectivity index (χ4n) is 1.94. The first-order valence-corrected chi connectivity index (χ1v) is 5.88. The van der Waals surface area contributed by atoms with E-state index < -0.39 is 0 Å². The van der Waals surface area contributed by atoms with Crippen LogP contribution in [0.5, 0.6) is 0 Å². The molecule has 0 saturated heterocycles. The number of fused-ring (bicyclic) bond motifs is 1. The van der Waals surface area contributed by atoms with Crippen molar-refractivity contribution in [3.63, 3.8) is 0 Å². The van der Waals surface area contributed by atoms with Crippen LogP contribution < -0.4 is 11.1 Å². The van der Waals surface area contributed by atoms with E-state index in [0.717, 1.165) is 21.7 Å². The van der Waals surface area contributed by atoms with Gasteiger partial charge in [-0.1, -0.05) is 6.07 Å². The summed E-state index contributed by atoms with van der Waals surface area (Å²) in [7, 11) is 0. The Bertz CT molecular complexity index is 561. The van der Waals surface area contributed by atoms with Crippen LogP contribution in [0.4, 0.5) is 11.4 Å². The summed E-state index contributed by atoms with van der Waals surface area (Å²) in [6, 6.07) is 7.88. The molecule has 2 heterocycles. The third kappa shape index (κ3) is 1.39. The Labute approximate surface area is 96.9 Å². The number of benzene rings is 1. The lowest BCUT2D eigenvalue weighted by Crippen LogP contribution is -2.03. The lowest BCUT2D eigenvalue weighted by atomic mass is 10.1. The molecule has 3 rings (SSSR count). The van der Waals surface area contributed by atoms with E-state index in [1.54, 1.807) is 11.3 Å². The monoisotopic (exact) mass is 230 g/mol. The van der Waals surface area contributed by atoms with Gasteiger partial charge in [-0.2, -0.15) is 0 Å². The largest absolute Gasteiger partial charge is 0.398 e. The number of nitrogen functional groups attached to an aromatic ring is 1. The molecule has 1 aromatic carbocycles. The van der Waals surface area contributed by atoms with Gasteiger partial charge in [-0.25, -0.2) is 0 Å². The molecule has 0 radical (unpaired) electrons. The molecule has 0 bridgehead atoms. The van der Waals surface area contributed by atoms with E-state index >= 15 is 0 Å². The predicted molar refractivity (Wildman–Crippen MR) is 66.5 cm³/mol. The first kappa shape index (κ1) is 9.42. The minimum atomic E-state index is 0.0396. The fraction of sp³-hybridized carbons (Fsp3) is 0.0833. The Hall–Kier alpha value is -1.81. The van der Waals surface area contributed by atoms with Crippen molar-refractivity contribution in [2.45, 2.75) is 6.42 Å². The van der Waals surface area contributed by atoms with E-state index in [1.165, 1.54) is 0 Å². The molecule has 0 atom stereocenters. The first-order chi connectivity index (χ1) is 7.74. The van der Waals surface area contributed by atoms with E-state index in [2.05, 4.69) is 5.32 Å². The van der Waals surface area contributed by atoms with Crippen LogP contribution in [0.1, 0.15) is 5.56 Å². The maximum atomic E-state index is 11.3. The lowest BCUT2D eigenvalue weighted by Gasteiger charge is -2.06. The molecule has 0 saturated carbocycles. The minimum absolute atomic E-state index is 0.0396. The van der Waals surface area contributed by atoms with Crippen LogP contribution in [0.3, 0.4) is 0 Å². The van der Waals surface area contributed by atoms with E-state index in [1.807, 2.05) is 29.6 Å². The molecule has 0 spiro atoms. The van der Waals surface area contributed by atoms with E-state index in [0.29, 0.717) is 12.1 Å². The molecule has 1 aliphatic rings. The molecule has 1 aliphatic heterocycles. The Kier molecular flexibility index (Phi) is 1.97. The zero-order valence-electron chi connectivity index (χ0n) is 8.49. The number of amides is 1. The van der Waals surface area contributed by atoms with Gasteiger partial charge in [-0.05, 0) is 29.1 Å². The van der Waals surface area contributed by atoms with Gasteiger partial charge in [0, 0.05) is 21.8 Å². The van der Waals surface area contributed by atoms with Crippen molar-refractivity contribution in [3.8, 4) is 10.4 Å². The highest BCUT2D eigenvalue weighted by Crippen LogP contribution is 2.36. The Morgan fingerprint density at radius 3 is 3.00 bits per heavy atom. The molecule has 16 heavy (non-hydrogen) atoms. The second-order valence-electron chi connectivity index (χ2n) is 3.80. The van der Waals surface area contributed by atoms with Crippen LogP contribution in [0.25, 0.3) is 10.4 Å². The topological polar surface area (TPSA) is 55.1 Å². The molecule has 80 valence electrons. The van der Waals surface area contributed by atoms with Gasteiger partial charge in [0.25, 0.3) is 0 Å². The van der Waals surface area contributed by atoms with Gasteiger partial charge < -0.3 is 11.1 Å². The molecule has 3 N–H and O–H groups in total. The van der Waals surface area contributed by atoms with Crippen molar-refractivity contribution >= 4 is 28.6 Å². The summed E-state index contributed by atoms with van der Waals surface area (Å²) in [5, 5.41) is 4.81. The standard InChI is InChI=1S/C12H10N2OS/c13-9-6-10-7(5-12(15)14-10)4-8(9)11-2-1-3-16-11/h1-4,6H,5,13H2,(H,14,15). The highest BCUT2D eigenvalue weighted by molar-refractivity contribution is 7.13. The van der Waals surface area contributed by atoms with Gasteiger partial charge in [0.2, 0.25) is 5.91 Å². The number of rotatable bonds is 1. The first-order valence-electron chi connectivity index (χ1n) is 5.00. The van der Waals surface area contributed by atoms with Crippen molar-refractivity contribution in [1.29, 1.82) is 0 Å². The van der Waals surface area contributed by atoms with Crippen molar-refractivity contribution in [2.75, 3.05) is 11.1 Å². The molecular formula is C12H10N2OS. The Balaban J connectivity index is 2.15. The quantitative estimate of drug-likeness (QED) is 0.739. The summed E-state index contributed by atoms with van der Waals surface area (Å²) in [6.45, 7) is 0. The van der Waals surface area contributed by atoms with Crippen LogP contribution in [0.2, 0.25) is 0 Å². The SMILES string of the molecule is Nc1cc2c(cc1-c1cccs1)CC(=O)N2. The molecule has 3 nitrogen and oxygen atoms in total. The number of anilines is 2. The normalized spacial score (nSPS) is 13.6.